The minimum absolute atomic E-state index is 0.115. The van der Waals surface area contributed by atoms with E-state index in [-0.39, 0.29) is 5.78 Å². The van der Waals surface area contributed by atoms with Crippen LogP contribution in [0.3, 0.4) is 0 Å². The van der Waals surface area contributed by atoms with Crippen molar-refractivity contribution in [2.45, 2.75) is 90.9 Å². The number of carbonyl (C=O) groups excluding carboxylic acids is 1. The third-order valence-electron chi connectivity index (χ3n) is 3.55. The number of rotatable bonds is 14. The molecule has 0 aliphatic heterocycles. The van der Waals surface area contributed by atoms with Crippen molar-refractivity contribution < 1.29 is 4.79 Å². The first-order valence-corrected chi connectivity index (χ1v) is 8.61. The van der Waals surface area contributed by atoms with Crippen LogP contribution >= 0.6 is 0 Å². The van der Waals surface area contributed by atoms with Gasteiger partial charge in [0.05, 0.1) is 0 Å². The Balaban J connectivity index is 3.11. The lowest BCUT2D eigenvalue weighted by Gasteiger charge is -2.01. The summed E-state index contributed by atoms with van der Waals surface area (Å²) in [6, 6.07) is 0. The predicted molar refractivity (Wildman–Crippen MR) is 90.0 cm³/mol. The van der Waals surface area contributed by atoms with E-state index in [4.69, 9.17) is 0 Å². The molecule has 0 unspecified atom stereocenters. The summed E-state index contributed by atoms with van der Waals surface area (Å²) in [5, 5.41) is 0. The molecule has 1 heteroatoms. The van der Waals surface area contributed by atoms with Crippen LogP contribution in [-0.4, -0.2) is 5.78 Å². The molecule has 0 fully saturated rings. The van der Waals surface area contributed by atoms with Gasteiger partial charge in [0.2, 0.25) is 0 Å². The van der Waals surface area contributed by atoms with E-state index >= 15 is 0 Å². The quantitative estimate of drug-likeness (QED) is 0.204. The van der Waals surface area contributed by atoms with E-state index in [1.807, 2.05) is 12.2 Å². The second-order valence-corrected chi connectivity index (χ2v) is 5.72. The number of ketones is 1. The summed E-state index contributed by atoms with van der Waals surface area (Å²) in [5.74, 6) is 0.115. The fourth-order valence-electron chi connectivity index (χ4n) is 2.29. The monoisotopic (exact) mass is 278 g/mol. The van der Waals surface area contributed by atoms with Gasteiger partial charge < -0.3 is 0 Å². The van der Waals surface area contributed by atoms with E-state index in [0.717, 1.165) is 6.42 Å². The van der Waals surface area contributed by atoms with E-state index in [9.17, 15) is 4.79 Å². The fourth-order valence-corrected chi connectivity index (χ4v) is 2.29. The molecule has 0 spiro atoms. The van der Waals surface area contributed by atoms with Crippen LogP contribution in [0.15, 0.2) is 24.3 Å². The summed E-state index contributed by atoms with van der Waals surface area (Å²) in [4.78, 5) is 10.7. The Morgan fingerprint density at radius 1 is 0.750 bits per heavy atom. The maximum Gasteiger partial charge on any atom is 0.152 e. The van der Waals surface area contributed by atoms with Gasteiger partial charge >= 0.3 is 0 Å². The van der Waals surface area contributed by atoms with Gasteiger partial charge in [-0.1, -0.05) is 89.4 Å². The molecule has 0 aromatic heterocycles. The first kappa shape index (κ1) is 19.1. The highest BCUT2D eigenvalue weighted by molar-refractivity contribution is 5.87. The average molecular weight is 278 g/mol. The smallest absolute Gasteiger partial charge is 0.152 e. The van der Waals surface area contributed by atoms with Crippen molar-refractivity contribution in [2.75, 3.05) is 0 Å². The number of hydrogen-bond donors (Lipinski definition) is 0. The highest BCUT2D eigenvalue weighted by Crippen LogP contribution is 2.11. The molecule has 0 N–H and O–H groups in total. The van der Waals surface area contributed by atoms with Crippen molar-refractivity contribution >= 4 is 5.78 Å². The van der Waals surface area contributed by atoms with Gasteiger partial charge in [-0.25, -0.2) is 0 Å². The topological polar surface area (TPSA) is 17.1 Å². The lowest BCUT2D eigenvalue weighted by Crippen LogP contribution is -1.82. The molecule has 0 rings (SSSR count). The molecule has 0 aromatic carbocycles. The molecule has 0 aliphatic carbocycles. The molecule has 0 aliphatic rings. The number of allylic oxidation sites excluding steroid dienone is 4. The van der Waals surface area contributed by atoms with Crippen LogP contribution in [0.25, 0.3) is 0 Å². The molecular formula is C19H34O. The molecule has 1 nitrogen and oxygen atoms in total. The van der Waals surface area contributed by atoms with Gasteiger partial charge in [-0.2, -0.15) is 0 Å². The Hall–Kier alpha value is -0.850. The third-order valence-corrected chi connectivity index (χ3v) is 3.55. The van der Waals surface area contributed by atoms with Crippen molar-refractivity contribution in [3.05, 3.63) is 24.3 Å². The van der Waals surface area contributed by atoms with Crippen LogP contribution in [0, 0.1) is 0 Å². The van der Waals surface area contributed by atoms with Crippen LogP contribution in [0.1, 0.15) is 90.9 Å². The van der Waals surface area contributed by atoms with Gasteiger partial charge in [0.1, 0.15) is 0 Å². The molecule has 0 amide bonds. The number of unbranched alkanes of at least 4 members (excludes halogenated alkanes) is 11. The molecule has 0 heterocycles. The van der Waals surface area contributed by atoms with E-state index in [1.54, 1.807) is 13.0 Å². The molecule has 0 bridgehead atoms. The van der Waals surface area contributed by atoms with E-state index < -0.39 is 0 Å². The zero-order valence-corrected chi connectivity index (χ0v) is 13.7. The minimum Gasteiger partial charge on any atom is -0.295 e. The Morgan fingerprint density at radius 2 is 1.25 bits per heavy atom. The van der Waals surface area contributed by atoms with Gasteiger partial charge in [0, 0.05) is 0 Å². The Bertz CT molecular complexity index is 263. The standard InChI is InChI=1S/C19H34O/c1-3-4-5-6-7-8-9-10-11-12-13-14-15-16-17-18-19(2)20/h15-18H,3-14H2,1-2H3. The second kappa shape index (κ2) is 16.2. The van der Waals surface area contributed by atoms with Crippen molar-refractivity contribution in [3.8, 4) is 0 Å². The molecule has 0 atom stereocenters. The first-order chi connectivity index (χ1) is 9.77. The summed E-state index contributed by atoms with van der Waals surface area (Å²) in [6.45, 7) is 3.85. The van der Waals surface area contributed by atoms with Crippen LogP contribution in [0.4, 0.5) is 0 Å². The van der Waals surface area contributed by atoms with Crippen molar-refractivity contribution in [1.82, 2.24) is 0 Å². The molecule has 0 aromatic rings. The van der Waals surface area contributed by atoms with Crippen LogP contribution in [0.2, 0.25) is 0 Å². The van der Waals surface area contributed by atoms with E-state index in [0.29, 0.717) is 0 Å². The Morgan fingerprint density at radius 3 is 1.75 bits per heavy atom. The fraction of sp³-hybridized carbons (Fsp3) is 0.737. The largest absolute Gasteiger partial charge is 0.295 e. The van der Waals surface area contributed by atoms with Crippen molar-refractivity contribution in [2.24, 2.45) is 0 Å². The summed E-state index contributed by atoms with van der Waals surface area (Å²) in [7, 11) is 0. The summed E-state index contributed by atoms with van der Waals surface area (Å²) >= 11 is 0. The van der Waals surface area contributed by atoms with Gasteiger partial charge in [-0.15, -0.1) is 0 Å². The van der Waals surface area contributed by atoms with Crippen molar-refractivity contribution in [3.63, 3.8) is 0 Å². The van der Waals surface area contributed by atoms with Crippen LogP contribution in [-0.2, 0) is 4.79 Å². The number of hydrogen-bond acceptors (Lipinski definition) is 1. The van der Waals surface area contributed by atoms with Crippen LogP contribution in [0.5, 0.6) is 0 Å². The highest BCUT2D eigenvalue weighted by Gasteiger charge is 1.92. The maximum atomic E-state index is 10.7. The Kier molecular flexibility index (Phi) is 15.5. The first-order valence-electron chi connectivity index (χ1n) is 8.61. The summed E-state index contributed by atoms with van der Waals surface area (Å²) in [5.41, 5.74) is 0. The molecule has 116 valence electrons. The second-order valence-electron chi connectivity index (χ2n) is 5.72. The summed E-state index contributed by atoms with van der Waals surface area (Å²) < 4.78 is 0. The summed E-state index contributed by atoms with van der Waals surface area (Å²) in [6.07, 6.45) is 24.0. The normalized spacial score (nSPS) is 11.7. The zero-order chi connectivity index (χ0) is 14.9. The van der Waals surface area contributed by atoms with Gasteiger partial charge in [0.15, 0.2) is 5.78 Å². The molecule has 0 saturated carbocycles. The SMILES string of the molecule is CCCCCCCCCCCCCC=CC=CC(C)=O. The number of carbonyl (C=O) groups is 1. The highest BCUT2D eigenvalue weighted by atomic mass is 16.1. The predicted octanol–water partition coefficient (Wildman–Crippen LogP) is 6.39. The van der Waals surface area contributed by atoms with Gasteiger partial charge in [-0.05, 0) is 25.8 Å². The van der Waals surface area contributed by atoms with Crippen LogP contribution < -0.4 is 0 Å². The van der Waals surface area contributed by atoms with E-state index in [1.165, 1.54) is 70.6 Å². The minimum atomic E-state index is 0.115. The molecule has 20 heavy (non-hydrogen) atoms. The average Bonchev–Trinajstić information content (AvgIpc) is 2.43. The molecule has 0 saturated heterocycles. The van der Waals surface area contributed by atoms with Gasteiger partial charge in [0.25, 0.3) is 0 Å². The van der Waals surface area contributed by atoms with Gasteiger partial charge in [-0.3, -0.25) is 4.79 Å². The molecule has 0 radical (unpaired) electrons. The lowest BCUT2D eigenvalue weighted by atomic mass is 10.1. The Labute approximate surface area is 126 Å². The third kappa shape index (κ3) is 17.2. The lowest BCUT2D eigenvalue weighted by molar-refractivity contribution is -0.112. The van der Waals surface area contributed by atoms with E-state index in [2.05, 4.69) is 13.0 Å². The maximum absolute atomic E-state index is 10.7. The molecular weight excluding hydrogens is 244 g/mol. The zero-order valence-electron chi connectivity index (χ0n) is 13.7. The van der Waals surface area contributed by atoms with Crippen molar-refractivity contribution in [1.29, 1.82) is 0 Å².